The van der Waals surface area contributed by atoms with Crippen LogP contribution in [0.2, 0.25) is 0 Å². The zero-order chi connectivity index (χ0) is 17.6. The van der Waals surface area contributed by atoms with Crippen LogP contribution in [0, 0.1) is 0 Å². The first-order valence-electron chi connectivity index (χ1n) is 7.92. The molecule has 3 aromatic rings. The molecule has 0 fully saturated rings. The number of rotatable bonds is 7. The third kappa shape index (κ3) is 5.21. The van der Waals surface area contributed by atoms with Crippen LogP contribution in [0.3, 0.4) is 0 Å². The van der Waals surface area contributed by atoms with E-state index in [2.05, 4.69) is 9.97 Å². The molecule has 3 rings (SSSR count). The number of aromatic nitrogens is 3. The molecule has 0 radical (unpaired) electrons. The van der Waals surface area contributed by atoms with Gasteiger partial charge in [-0.3, -0.25) is 4.79 Å². The van der Waals surface area contributed by atoms with Gasteiger partial charge in [0.15, 0.2) is 5.82 Å². The molecule has 0 aliphatic heterocycles. The van der Waals surface area contributed by atoms with Gasteiger partial charge < -0.3 is 9.84 Å². The zero-order valence-corrected chi connectivity index (χ0v) is 18.4. The average Bonchev–Trinajstić information content (AvgIpc) is 3.24. The fourth-order valence-corrected chi connectivity index (χ4v) is 3.02. The number of ether oxygens (including phenoxy) is 1. The first-order valence-corrected chi connectivity index (χ1v) is 8.86. The molecule has 0 saturated heterocycles. The first kappa shape index (κ1) is 21.2. The zero-order valence-electron chi connectivity index (χ0n) is 14.4. The van der Waals surface area contributed by atoms with Crippen molar-refractivity contribution in [3.63, 3.8) is 0 Å². The smallest absolute Gasteiger partial charge is 0.481 e. The Bertz CT molecular complexity index is 879. The third-order valence-electron chi connectivity index (χ3n) is 3.67. The molecule has 0 aliphatic rings. The normalized spacial score (nSPS) is 10.5. The Morgan fingerprint density at radius 2 is 2.00 bits per heavy atom. The molecular formula is C17H17KN3O4S+. The Balaban J connectivity index is 0.00000243. The molecule has 0 bridgehead atoms. The van der Waals surface area contributed by atoms with Crippen molar-refractivity contribution in [3.8, 4) is 11.5 Å². The van der Waals surface area contributed by atoms with Gasteiger partial charge in [0.1, 0.15) is 5.69 Å². The van der Waals surface area contributed by atoms with E-state index in [-0.39, 0.29) is 64.4 Å². The van der Waals surface area contributed by atoms with E-state index < -0.39 is 12.1 Å². The Morgan fingerprint density at radius 3 is 2.73 bits per heavy atom. The number of nitrogens with zero attached hydrogens (tertiary/aromatic N) is 3. The maximum Gasteiger partial charge on any atom is 1.00 e. The average molecular weight is 399 g/mol. The van der Waals surface area contributed by atoms with Gasteiger partial charge in [0.05, 0.1) is 23.2 Å². The summed E-state index contributed by atoms with van der Waals surface area (Å²) in [6, 6.07) is 7.34. The van der Waals surface area contributed by atoms with Crippen LogP contribution in [-0.4, -0.2) is 38.3 Å². The van der Waals surface area contributed by atoms with Gasteiger partial charge in [-0.25, -0.2) is 19.3 Å². The number of carboxylic acid groups (broad SMARTS) is 1. The SMILES string of the molecule is O=C(O)CCCCCOC(=O)n1c(-c2cscn2)nc2ccccc21.[K+]. The Morgan fingerprint density at radius 1 is 1.19 bits per heavy atom. The minimum Gasteiger partial charge on any atom is -0.481 e. The molecule has 0 saturated carbocycles. The van der Waals surface area contributed by atoms with E-state index in [1.54, 1.807) is 5.51 Å². The molecule has 1 aromatic carbocycles. The fourth-order valence-electron chi connectivity index (χ4n) is 2.48. The van der Waals surface area contributed by atoms with Crippen molar-refractivity contribution in [2.24, 2.45) is 0 Å². The van der Waals surface area contributed by atoms with Crippen LogP contribution in [0.25, 0.3) is 22.6 Å². The second-order valence-electron chi connectivity index (χ2n) is 5.45. The van der Waals surface area contributed by atoms with Crippen LogP contribution in [0.15, 0.2) is 35.2 Å². The number of carboxylic acids is 1. The van der Waals surface area contributed by atoms with Gasteiger partial charge >= 0.3 is 63.4 Å². The molecule has 0 amide bonds. The second-order valence-corrected chi connectivity index (χ2v) is 6.17. The van der Waals surface area contributed by atoms with Gasteiger partial charge in [-0.15, -0.1) is 11.3 Å². The van der Waals surface area contributed by atoms with Crippen molar-refractivity contribution in [1.29, 1.82) is 0 Å². The van der Waals surface area contributed by atoms with Crippen LogP contribution < -0.4 is 51.4 Å². The molecule has 0 atom stereocenters. The molecule has 0 spiro atoms. The van der Waals surface area contributed by atoms with Crippen molar-refractivity contribution in [1.82, 2.24) is 14.5 Å². The number of aliphatic carboxylic acids is 1. The van der Waals surface area contributed by atoms with Gasteiger partial charge in [0, 0.05) is 11.8 Å². The number of fused-ring (bicyclic) bond motifs is 1. The third-order valence-corrected chi connectivity index (χ3v) is 4.25. The molecule has 7 nitrogen and oxygen atoms in total. The van der Waals surface area contributed by atoms with E-state index in [1.165, 1.54) is 15.9 Å². The van der Waals surface area contributed by atoms with Gasteiger partial charge in [0.2, 0.25) is 0 Å². The van der Waals surface area contributed by atoms with Crippen molar-refractivity contribution < 1.29 is 70.8 Å². The predicted octanol–water partition coefficient (Wildman–Crippen LogP) is 0.793. The van der Waals surface area contributed by atoms with Crippen LogP contribution >= 0.6 is 11.3 Å². The minimum absolute atomic E-state index is 0. The summed E-state index contributed by atoms with van der Waals surface area (Å²) < 4.78 is 6.78. The number of imidazole rings is 1. The van der Waals surface area contributed by atoms with Gasteiger partial charge in [0.25, 0.3) is 0 Å². The summed E-state index contributed by atoms with van der Waals surface area (Å²) >= 11 is 1.43. The first-order chi connectivity index (χ1) is 12.2. The summed E-state index contributed by atoms with van der Waals surface area (Å²) in [7, 11) is 0. The Labute approximate surface area is 196 Å². The number of para-hydroxylation sites is 2. The molecule has 2 heterocycles. The molecule has 0 aliphatic carbocycles. The number of unbranched alkanes of at least 4 members (excludes halogenated alkanes) is 2. The van der Waals surface area contributed by atoms with Crippen molar-refractivity contribution in [2.75, 3.05) is 6.61 Å². The minimum atomic E-state index is -0.810. The molecule has 130 valence electrons. The quantitative estimate of drug-likeness (QED) is 0.467. The van der Waals surface area contributed by atoms with E-state index in [0.29, 0.717) is 41.8 Å². The number of benzene rings is 1. The van der Waals surface area contributed by atoms with Crippen molar-refractivity contribution in [3.05, 3.63) is 35.2 Å². The van der Waals surface area contributed by atoms with E-state index in [1.807, 2.05) is 29.6 Å². The Kier molecular flexibility index (Phi) is 8.39. The van der Waals surface area contributed by atoms with E-state index in [4.69, 9.17) is 9.84 Å². The van der Waals surface area contributed by atoms with E-state index in [0.717, 1.165) is 0 Å². The van der Waals surface area contributed by atoms with Gasteiger partial charge in [-0.1, -0.05) is 12.1 Å². The van der Waals surface area contributed by atoms with Crippen molar-refractivity contribution in [2.45, 2.75) is 25.7 Å². The van der Waals surface area contributed by atoms with Gasteiger partial charge in [-0.2, -0.15) is 0 Å². The van der Waals surface area contributed by atoms with Crippen LogP contribution in [0.1, 0.15) is 25.7 Å². The van der Waals surface area contributed by atoms with Crippen molar-refractivity contribution >= 4 is 34.4 Å². The summed E-state index contributed by atoms with van der Waals surface area (Å²) in [5.41, 5.74) is 3.68. The summed E-state index contributed by atoms with van der Waals surface area (Å²) in [6.07, 6.45) is 1.52. The molecule has 2 aromatic heterocycles. The summed E-state index contributed by atoms with van der Waals surface area (Å²) in [5, 5.41) is 10.4. The van der Waals surface area contributed by atoms with E-state index >= 15 is 0 Å². The number of thiazole rings is 1. The standard InChI is InChI=1S/C17H17N3O4S.K/c21-15(22)8-2-1-5-9-24-17(23)20-14-7-4-3-6-12(14)19-16(20)13-10-25-11-18-13;/h3-4,6-7,10-11H,1-2,5,8-9H2,(H,21,22);/q;+1. The molecule has 9 heteroatoms. The largest absolute Gasteiger partial charge is 1.00 e. The molecule has 1 N–H and O–H groups in total. The fraction of sp³-hybridized carbons (Fsp3) is 0.294. The monoisotopic (exact) mass is 398 g/mol. The molecule has 0 unspecified atom stereocenters. The maximum absolute atomic E-state index is 12.6. The molecular weight excluding hydrogens is 381 g/mol. The summed E-state index contributed by atoms with van der Waals surface area (Å²) in [5.74, 6) is -0.354. The molecule has 26 heavy (non-hydrogen) atoms. The van der Waals surface area contributed by atoms with Crippen LogP contribution in [0.5, 0.6) is 0 Å². The predicted molar refractivity (Wildman–Crippen MR) is 93.7 cm³/mol. The van der Waals surface area contributed by atoms with E-state index in [9.17, 15) is 9.59 Å². The number of hydrogen-bond donors (Lipinski definition) is 1. The maximum atomic E-state index is 12.6. The Hall–Kier alpha value is -1.10. The summed E-state index contributed by atoms with van der Waals surface area (Å²) in [6.45, 7) is 0.238. The number of carbonyl (C=O) groups is 2. The number of carbonyl (C=O) groups excluding carboxylic acids is 1. The van der Waals surface area contributed by atoms with Crippen LogP contribution in [0.4, 0.5) is 4.79 Å². The van der Waals surface area contributed by atoms with Gasteiger partial charge in [-0.05, 0) is 31.4 Å². The number of hydrogen-bond acceptors (Lipinski definition) is 6. The topological polar surface area (TPSA) is 94.3 Å². The van der Waals surface area contributed by atoms with Crippen LogP contribution in [-0.2, 0) is 9.53 Å². The second kappa shape index (κ2) is 10.3. The summed E-state index contributed by atoms with van der Waals surface area (Å²) in [4.78, 5) is 31.8.